The fourth-order valence-corrected chi connectivity index (χ4v) is 5.09. The van der Waals surface area contributed by atoms with Crippen molar-refractivity contribution in [2.24, 2.45) is 7.05 Å². The molecular weight excluding hydrogens is 425 g/mol. The lowest BCUT2D eigenvalue weighted by molar-refractivity contribution is -0.633. The lowest BCUT2D eigenvalue weighted by atomic mass is 10.00. The number of aryl methyl sites for hydroxylation is 2. The second kappa shape index (κ2) is 7.52. The zero-order valence-electron chi connectivity index (χ0n) is 19.6. The van der Waals surface area contributed by atoms with Gasteiger partial charge in [0.15, 0.2) is 16.6 Å². The van der Waals surface area contributed by atoms with Crippen molar-refractivity contribution in [3.63, 3.8) is 0 Å². The first-order chi connectivity index (χ1) is 16.5. The summed E-state index contributed by atoms with van der Waals surface area (Å²) in [5.41, 5.74) is 7.73. The van der Waals surface area contributed by atoms with Crippen molar-refractivity contribution in [3.8, 4) is 17.1 Å². The van der Waals surface area contributed by atoms with E-state index in [1.54, 1.807) is 6.07 Å². The molecule has 0 aliphatic heterocycles. The molecule has 0 fully saturated rings. The van der Waals surface area contributed by atoms with Gasteiger partial charge < -0.3 is 4.42 Å². The number of hydrogen-bond donors (Lipinski definition) is 0. The zero-order valence-corrected chi connectivity index (χ0v) is 19.6. The van der Waals surface area contributed by atoms with Gasteiger partial charge in [0, 0.05) is 16.3 Å². The molecule has 0 unspecified atom stereocenters. The van der Waals surface area contributed by atoms with Crippen molar-refractivity contribution < 1.29 is 13.4 Å². The molecule has 5 heteroatoms. The molecule has 3 aromatic carbocycles. The molecule has 3 aromatic heterocycles. The van der Waals surface area contributed by atoms with Crippen LogP contribution in [0.25, 0.3) is 50.2 Å². The maximum Gasteiger partial charge on any atom is 0.298 e. The number of pyridine rings is 1. The van der Waals surface area contributed by atoms with Crippen LogP contribution in [0, 0.1) is 12.9 Å². The highest BCUT2D eigenvalue weighted by Crippen LogP contribution is 2.39. The molecule has 0 radical (unpaired) electrons. The molecule has 0 saturated heterocycles. The molecule has 168 valence electrons. The predicted molar refractivity (Wildman–Crippen MR) is 134 cm³/mol. The third-order valence-electron chi connectivity index (χ3n) is 6.72. The van der Waals surface area contributed by atoms with Crippen LogP contribution in [-0.4, -0.2) is 9.55 Å². The molecule has 0 amide bonds. The van der Waals surface area contributed by atoms with Gasteiger partial charge in [-0.15, -0.1) is 0 Å². The molecule has 4 nitrogen and oxygen atoms in total. The van der Waals surface area contributed by atoms with Crippen molar-refractivity contribution in [2.45, 2.75) is 26.7 Å². The zero-order chi connectivity index (χ0) is 23.6. The summed E-state index contributed by atoms with van der Waals surface area (Å²) in [6.07, 6.45) is 0. The van der Waals surface area contributed by atoms with Crippen molar-refractivity contribution in [2.75, 3.05) is 0 Å². The minimum Gasteiger partial charge on any atom is -0.437 e. The van der Waals surface area contributed by atoms with E-state index in [2.05, 4.69) is 96.5 Å². The SMILES string of the molecule is Cc1ccc2c(oc3nc(F)ccc32)c1-c1n(-c2ccccc2C(C)C)c2ccccc2[n+]1C. The van der Waals surface area contributed by atoms with E-state index in [0.29, 0.717) is 11.6 Å². The minimum atomic E-state index is -0.546. The van der Waals surface area contributed by atoms with Crippen LogP contribution in [0.3, 0.4) is 0 Å². The van der Waals surface area contributed by atoms with Gasteiger partial charge in [-0.3, -0.25) is 0 Å². The third kappa shape index (κ3) is 2.90. The number of imidazole rings is 1. The van der Waals surface area contributed by atoms with Crippen LogP contribution >= 0.6 is 0 Å². The van der Waals surface area contributed by atoms with Gasteiger partial charge in [0.1, 0.15) is 11.3 Å². The monoisotopic (exact) mass is 450 g/mol. The van der Waals surface area contributed by atoms with E-state index in [1.165, 1.54) is 11.6 Å². The summed E-state index contributed by atoms with van der Waals surface area (Å²) >= 11 is 0. The van der Waals surface area contributed by atoms with Crippen LogP contribution in [0.15, 0.2) is 77.2 Å². The topological polar surface area (TPSA) is 34.8 Å². The number of fused-ring (bicyclic) bond motifs is 4. The normalized spacial score (nSPS) is 11.9. The molecule has 0 spiro atoms. The Morgan fingerprint density at radius 1 is 0.912 bits per heavy atom. The van der Waals surface area contributed by atoms with E-state index in [4.69, 9.17) is 4.42 Å². The summed E-state index contributed by atoms with van der Waals surface area (Å²) in [5, 5.41) is 1.74. The molecule has 0 aliphatic rings. The van der Waals surface area contributed by atoms with Gasteiger partial charge >= 0.3 is 0 Å². The minimum absolute atomic E-state index is 0.315. The van der Waals surface area contributed by atoms with E-state index in [1.807, 2.05) is 6.07 Å². The van der Waals surface area contributed by atoms with Gasteiger partial charge in [-0.05, 0) is 48.7 Å². The van der Waals surface area contributed by atoms with Gasteiger partial charge in [0.2, 0.25) is 11.7 Å². The van der Waals surface area contributed by atoms with Gasteiger partial charge in [-0.1, -0.05) is 56.3 Å². The van der Waals surface area contributed by atoms with Crippen molar-refractivity contribution in [1.82, 2.24) is 9.55 Å². The van der Waals surface area contributed by atoms with Gasteiger partial charge in [0.25, 0.3) is 5.82 Å². The van der Waals surface area contributed by atoms with Crippen LogP contribution in [0.1, 0.15) is 30.9 Å². The standard InChI is InChI=1S/C29H25FN3O/c1-17(2)19-9-5-6-10-22(19)33-24-12-8-7-11-23(24)32(4)29(33)26-18(3)13-14-20-21-15-16-25(30)31-28(21)34-27(20)26/h5-17H,1-4H3/q+1. The molecule has 3 heterocycles. The summed E-state index contributed by atoms with van der Waals surface area (Å²) in [5.74, 6) is 0.818. The van der Waals surface area contributed by atoms with Gasteiger partial charge in [-0.2, -0.15) is 13.9 Å². The second-order valence-corrected chi connectivity index (χ2v) is 9.14. The highest BCUT2D eigenvalue weighted by atomic mass is 19.1. The number of aromatic nitrogens is 3. The first-order valence-electron chi connectivity index (χ1n) is 11.5. The first-order valence-corrected chi connectivity index (χ1v) is 11.5. The molecule has 34 heavy (non-hydrogen) atoms. The van der Waals surface area contributed by atoms with E-state index >= 15 is 0 Å². The molecule has 0 N–H and O–H groups in total. The van der Waals surface area contributed by atoms with Crippen LogP contribution in [-0.2, 0) is 7.05 Å². The average Bonchev–Trinajstić information content (AvgIpc) is 3.33. The summed E-state index contributed by atoms with van der Waals surface area (Å²) in [6, 6.07) is 24.2. The Bertz CT molecular complexity index is 1730. The maximum atomic E-state index is 13.9. The molecule has 6 aromatic rings. The van der Waals surface area contributed by atoms with Crippen molar-refractivity contribution in [1.29, 1.82) is 0 Å². The number of furan rings is 1. The van der Waals surface area contributed by atoms with Crippen LogP contribution in [0.4, 0.5) is 4.39 Å². The Labute approximate surface area is 196 Å². The summed E-state index contributed by atoms with van der Waals surface area (Å²) < 4.78 is 24.7. The van der Waals surface area contributed by atoms with Crippen molar-refractivity contribution in [3.05, 3.63) is 89.9 Å². The summed E-state index contributed by atoms with van der Waals surface area (Å²) in [7, 11) is 2.09. The van der Waals surface area contributed by atoms with E-state index in [-0.39, 0.29) is 0 Å². The molecule has 0 bridgehead atoms. The largest absolute Gasteiger partial charge is 0.437 e. The smallest absolute Gasteiger partial charge is 0.298 e. The quantitative estimate of drug-likeness (QED) is 0.215. The fourth-order valence-electron chi connectivity index (χ4n) is 5.09. The van der Waals surface area contributed by atoms with E-state index in [9.17, 15) is 4.39 Å². The van der Waals surface area contributed by atoms with Gasteiger partial charge in [0.05, 0.1) is 7.05 Å². The van der Waals surface area contributed by atoms with Crippen LogP contribution < -0.4 is 4.57 Å². The number of benzene rings is 3. The highest BCUT2D eigenvalue weighted by molar-refractivity contribution is 6.08. The Kier molecular flexibility index (Phi) is 4.56. The Balaban J connectivity index is 1.80. The molecule has 0 saturated carbocycles. The predicted octanol–water partition coefficient (Wildman–Crippen LogP) is 6.99. The molecule has 0 atom stereocenters. The van der Waals surface area contributed by atoms with E-state index in [0.717, 1.165) is 50.0 Å². The highest BCUT2D eigenvalue weighted by Gasteiger charge is 2.31. The van der Waals surface area contributed by atoms with Crippen molar-refractivity contribution >= 4 is 33.1 Å². The maximum absolute atomic E-state index is 13.9. The fraction of sp³-hybridized carbons (Fsp3) is 0.172. The summed E-state index contributed by atoms with van der Waals surface area (Å²) in [6.45, 7) is 6.53. The number of hydrogen-bond acceptors (Lipinski definition) is 2. The second-order valence-electron chi connectivity index (χ2n) is 9.14. The molecule has 6 rings (SSSR count). The van der Waals surface area contributed by atoms with E-state index < -0.39 is 5.95 Å². The number of nitrogens with zero attached hydrogens (tertiary/aromatic N) is 3. The number of para-hydroxylation sites is 3. The third-order valence-corrected chi connectivity index (χ3v) is 6.72. The lowest BCUT2D eigenvalue weighted by Gasteiger charge is -2.12. The average molecular weight is 451 g/mol. The Hall–Kier alpha value is -3.99. The molecule has 0 aliphatic carbocycles. The first kappa shape index (κ1) is 20.6. The summed E-state index contributed by atoms with van der Waals surface area (Å²) in [4.78, 5) is 4.01. The Morgan fingerprint density at radius 2 is 1.65 bits per heavy atom. The number of halogens is 1. The van der Waals surface area contributed by atoms with Crippen LogP contribution in [0.5, 0.6) is 0 Å². The number of rotatable bonds is 3. The lowest BCUT2D eigenvalue weighted by Crippen LogP contribution is -2.30. The van der Waals surface area contributed by atoms with Gasteiger partial charge in [-0.25, -0.2) is 4.57 Å². The molecular formula is C29H25FN3O+. The van der Waals surface area contributed by atoms with Crippen LogP contribution in [0.2, 0.25) is 0 Å². The Morgan fingerprint density at radius 3 is 2.47 bits per heavy atom.